The molecule has 1 N–H and O–H groups in total. The summed E-state index contributed by atoms with van der Waals surface area (Å²) in [5.74, 6) is 1.97. The number of nitrogens with zero attached hydrogens (tertiary/aromatic N) is 1. The van der Waals surface area contributed by atoms with Crippen molar-refractivity contribution in [3.63, 3.8) is 0 Å². The molecule has 1 amide bonds. The number of likely N-dealkylation sites (tertiary alicyclic amines) is 1. The average Bonchev–Trinajstić information content (AvgIpc) is 3.20. The van der Waals surface area contributed by atoms with Crippen molar-refractivity contribution in [2.24, 2.45) is 5.92 Å². The van der Waals surface area contributed by atoms with Crippen LogP contribution in [0, 0.1) is 5.92 Å². The Morgan fingerprint density at radius 3 is 2.48 bits per heavy atom. The van der Waals surface area contributed by atoms with Crippen LogP contribution in [0.4, 0.5) is 0 Å². The van der Waals surface area contributed by atoms with Gasteiger partial charge in [0.05, 0.1) is 6.61 Å². The lowest BCUT2D eigenvalue weighted by Crippen LogP contribution is -2.39. The summed E-state index contributed by atoms with van der Waals surface area (Å²) < 4.78 is 10.9. The maximum Gasteiger partial charge on any atom is 0.257 e. The van der Waals surface area contributed by atoms with Crippen molar-refractivity contribution < 1.29 is 14.3 Å². The van der Waals surface area contributed by atoms with E-state index < -0.39 is 0 Å². The summed E-state index contributed by atoms with van der Waals surface area (Å²) in [6, 6.07) is 9.53. The van der Waals surface area contributed by atoms with Gasteiger partial charge in [-0.05, 0) is 85.4 Å². The van der Waals surface area contributed by atoms with Gasteiger partial charge in [-0.15, -0.1) is 0 Å². The molecule has 2 heterocycles. The van der Waals surface area contributed by atoms with E-state index in [1.165, 1.54) is 5.56 Å². The summed E-state index contributed by atoms with van der Waals surface area (Å²) >= 11 is 1.75. The normalized spacial score (nSPS) is 15.4. The summed E-state index contributed by atoms with van der Waals surface area (Å²) in [5.41, 5.74) is 1.40. The zero-order valence-corrected chi connectivity index (χ0v) is 16.7. The first kappa shape index (κ1) is 19.7. The Hall–Kier alpha value is -2.05. The van der Waals surface area contributed by atoms with E-state index in [0.29, 0.717) is 18.3 Å². The molecule has 2 aromatic rings. The van der Waals surface area contributed by atoms with Crippen molar-refractivity contribution in [3.05, 3.63) is 46.7 Å². The first-order valence-corrected chi connectivity index (χ1v) is 10.5. The molecule has 146 valence electrons. The number of hydrogen-bond acceptors (Lipinski definition) is 5. The number of rotatable bonds is 9. The van der Waals surface area contributed by atoms with Crippen molar-refractivity contribution in [2.75, 3.05) is 32.8 Å². The topological polar surface area (TPSA) is 50.8 Å². The zero-order chi connectivity index (χ0) is 18.9. The highest BCUT2D eigenvalue weighted by atomic mass is 32.1. The highest BCUT2D eigenvalue weighted by molar-refractivity contribution is 7.07. The van der Waals surface area contributed by atoms with Crippen LogP contribution in [0.3, 0.4) is 0 Å². The highest BCUT2D eigenvalue weighted by Gasteiger charge is 2.19. The maximum atomic E-state index is 12.0. The Morgan fingerprint density at radius 2 is 1.85 bits per heavy atom. The van der Waals surface area contributed by atoms with Crippen LogP contribution in [0.2, 0.25) is 0 Å². The minimum absolute atomic E-state index is 0.0466. The van der Waals surface area contributed by atoms with E-state index in [1.54, 1.807) is 11.3 Å². The van der Waals surface area contributed by atoms with Crippen LogP contribution in [0.15, 0.2) is 41.1 Å². The Bertz CT molecular complexity index is 680. The third-order valence-corrected chi connectivity index (χ3v) is 5.52. The Kier molecular flexibility index (Phi) is 7.54. The Balaban J connectivity index is 1.30. The molecule has 0 radical (unpaired) electrons. The molecule has 1 aliphatic heterocycles. The van der Waals surface area contributed by atoms with Crippen molar-refractivity contribution >= 4 is 17.2 Å². The zero-order valence-electron chi connectivity index (χ0n) is 15.9. The molecule has 1 aromatic carbocycles. The lowest BCUT2D eigenvalue weighted by Gasteiger charge is -2.31. The molecule has 1 saturated heterocycles. The van der Waals surface area contributed by atoms with Gasteiger partial charge in [-0.1, -0.05) is 0 Å². The molecule has 6 heteroatoms. The second-order valence-electron chi connectivity index (χ2n) is 6.85. The summed E-state index contributed by atoms with van der Waals surface area (Å²) in [5, 5.41) is 7.36. The van der Waals surface area contributed by atoms with Crippen molar-refractivity contribution in [3.8, 4) is 11.5 Å². The van der Waals surface area contributed by atoms with E-state index in [2.05, 4.69) is 27.0 Å². The van der Waals surface area contributed by atoms with E-state index in [0.717, 1.165) is 44.8 Å². The molecular formula is C21H28N2O3S. The number of benzene rings is 1. The minimum Gasteiger partial charge on any atom is -0.494 e. The van der Waals surface area contributed by atoms with Gasteiger partial charge >= 0.3 is 0 Å². The van der Waals surface area contributed by atoms with Crippen LogP contribution in [-0.2, 0) is 11.3 Å². The number of hydrogen-bond donors (Lipinski definition) is 1. The molecular weight excluding hydrogens is 360 g/mol. The molecule has 0 saturated carbocycles. The molecule has 0 unspecified atom stereocenters. The summed E-state index contributed by atoms with van der Waals surface area (Å²) in [6.45, 7) is 6.59. The molecule has 1 aliphatic rings. The highest BCUT2D eigenvalue weighted by Crippen LogP contribution is 2.20. The number of thiophene rings is 1. The molecule has 0 atom stereocenters. The second kappa shape index (κ2) is 10.3. The van der Waals surface area contributed by atoms with Crippen molar-refractivity contribution in [1.82, 2.24) is 10.2 Å². The summed E-state index contributed by atoms with van der Waals surface area (Å²) in [7, 11) is 0. The maximum absolute atomic E-state index is 12.0. The number of carbonyl (C=O) groups is 1. The molecule has 5 nitrogen and oxygen atoms in total. The fourth-order valence-corrected chi connectivity index (χ4v) is 3.91. The Morgan fingerprint density at radius 1 is 1.15 bits per heavy atom. The van der Waals surface area contributed by atoms with Gasteiger partial charge in [-0.25, -0.2) is 0 Å². The molecule has 27 heavy (non-hydrogen) atoms. The first-order chi connectivity index (χ1) is 13.2. The van der Waals surface area contributed by atoms with Crippen LogP contribution < -0.4 is 14.8 Å². The van der Waals surface area contributed by atoms with Gasteiger partial charge in [0, 0.05) is 13.1 Å². The van der Waals surface area contributed by atoms with E-state index >= 15 is 0 Å². The van der Waals surface area contributed by atoms with E-state index in [9.17, 15) is 4.79 Å². The summed E-state index contributed by atoms with van der Waals surface area (Å²) in [6.07, 6.45) is 2.26. The lowest BCUT2D eigenvalue weighted by molar-refractivity contribution is -0.123. The quantitative estimate of drug-likeness (QED) is 0.714. The number of amides is 1. The largest absolute Gasteiger partial charge is 0.494 e. The van der Waals surface area contributed by atoms with Crippen LogP contribution >= 0.6 is 11.3 Å². The van der Waals surface area contributed by atoms with Crippen molar-refractivity contribution in [2.45, 2.75) is 26.3 Å². The van der Waals surface area contributed by atoms with Gasteiger partial charge in [0.2, 0.25) is 0 Å². The SMILES string of the molecule is CCOc1ccc(OCC(=O)NCC2CCN(Cc3ccsc3)CC2)cc1. The number of piperidine rings is 1. The fraction of sp³-hybridized carbons (Fsp3) is 0.476. The second-order valence-corrected chi connectivity index (χ2v) is 7.63. The number of nitrogens with one attached hydrogen (secondary N) is 1. The third-order valence-electron chi connectivity index (χ3n) is 4.79. The van der Waals surface area contributed by atoms with Gasteiger partial charge in [0.1, 0.15) is 11.5 Å². The summed E-state index contributed by atoms with van der Waals surface area (Å²) in [4.78, 5) is 14.5. The van der Waals surface area contributed by atoms with Gasteiger partial charge in [0.15, 0.2) is 6.61 Å². The predicted molar refractivity (Wildman–Crippen MR) is 108 cm³/mol. The van der Waals surface area contributed by atoms with E-state index in [-0.39, 0.29) is 12.5 Å². The monoisotopic (exact) mass is 388 g/mol. The lowest BCUT2D eigenvalue weighted by atomic mass is 9.96. The van der Waals surface area contributed by atoms with Crippen LogP contribution in [0.25, 0.3) is 0 Å². The van der Waals surface area contributed by atoms with Gasteiger partial charge in [-0.2, -0.15) is 11.3 Å². The van der Waals surface area contributed by atoms with Gasteiger partial charge in [0.25, 0.3) is 5.91 Å². The predicted octanol–water partition coefficient (Wildman–Crippen LogP) is 3.55. The molecule has 1 aromatic heterocycles. The van der Waals surface area contributed by atoms with E-state index in [1.807, 2.05) is 31.2 Å². The van der Waals surface area contributed by atoms with Crippen molar-refractivity contribution in [1.29, 1.82) is 0 Å². The molecule has 3 rings (SSSR count). The van der Waals surface area contributed by atoms with Crippen LogP contribution in [0.5, 0.6) is 11.5 Å². The first-order valence-electron chi connectivity index (χ1n) is 9.58. The van der Waals surface area contributed by atoms with Gasteiger partial charge in [-0.3, -0.25) is 9.69 Å². The van der Waals surface area contributed by atoms with E-state index in [4.69, 9.17) is 9.47 Å². The van der Waals surface area contributed by atoms with Gasteiger partial charge < -0.3 is 14.8 Å². The number of carbonyl (C=O) groups excluding carboxylic acids is 1. The molecule has 0 aliphatic carbocycles. The standard InChI is InChI=1S/C21H28N2O3S/c1-2-25-19-3-5-20(6-4-19)26-15-21(24)22-13-17-7-10-23(11-8-17)14-18-9-12-27-16-18/h3-6,9,12,16-17H,2,7-8,10-11,13-15H2,1H3,(H,22,24). The minimum atomic E-state index is -0.0652. The van der Waals surface area contributed by atoms with Crippen LogP contribution in [0.1, 0.15) is 25.3 Å². The number of ether oxygens (including phenoxy) is 2. The molecule has 0 bridgehead atoms. The molecule has 1 fully saturated rings. The Labute approximate surface area is 165 Å². The fourth-order valence-electron chi connectivity index (χ4n) is 3.25. The van der Waals surface area contributed by atoms with Crippen LogP contribution in [-0.4, -0.2) is 43.7 Å². The third kappa shape index (κ3) is 6.56. The molecule has 0 spiro atoms. The average molecular weight is 389 g/mol. The smallest absolute Gasteiger partial charge is 0.257 e.